The van der Waals surface area contributed by atoms with Crippen LogP contribution in [-0.4, -0.2) is 19.0 Å². The maximum atomic E-state index is 13.2. The number of carbonyl (C=O) groups is 2. The standard InChI is InChI=1S/C19H13ClFNO3S/c1-25-19(24)16-14(11-6-8-12(21)9-7-11)10-26-18(16)22-17(23)13-4-2-3-5-15(13)20/h2-10H,1H3,(H,22,23). The average Bonchev–Trinajstić information content (AvgIpc) is 3.05. The third kappa shape index (κ3) is 3.61. The summed E-state index contributed by atoms with van der Waals surface area (Å²) in [4.78, 5) is 24.8. The van der Waals surface area contributed by atoms with E-state index < -0.39 is 11.9 Å². The van der Waals surface area contributed by atoms with Crippen LogP contribution in [-0.2, 0) is 4.74 Å². The van der Waals surface area contributed by atoms with Crippen molar-refractivity contribution in [2.45, 2.75) is 0 Å². The Balaban J connectivity index is 2.00. The van der Waals surface area contributed by atoms with Crippen LogP contribution in [0.3, 0.4) is 0 Å². The Morgan fingerprint density at radius 1 is 1.12 bits per heavy atom. The molecule has 4 nitrogen and oxygen atoms in total. The molecule has 0 unspecified atom stereocenters. The number of halogens is 2. The molecule has 7 heteroatoms. The molecule has 132 valence electrons. The fraction of sp³-hybridized carbons (Fsp3) is 0.0526. The number of rotatable bonds is 4. The van der Waals surface area contributed by atoms with E-state index in [2.05, 4.69) is 5.32 Å². The van der Waals surface area contributed by atoms with Gasteiger partial charge in [-0.1, -0.05) is 35.9 Å². The Labute approximate surface area is 158 Å². The van der Waals surface area contributed by atoms with Crippen molar-refractivity contribution in [3.8, 4) is 11.1 Å². The van der Waals surface area contributed by atoms with Crippen molar-refractivity contribution in [3.05, 3.63) is 75.9 Å². The predicted octanol–water partition coefficient (Wildman–Crippen LogP) is 5.25. The number of esters is 1. The third-order valence-corrected chi connectivity index (χ3v) is 4.91. The maximum absolute atomic E-state index is 13.2. The molecule has 0 radical (unpaired) electrons. The van der Waals surface area contributed by atoms with Crippen LogP contribution in [0.25, 0.3) is 11.1 Å². The summed E-state index contributed by atoms with van der Waals surface area (Å²) in [6.07, 6.45) is 0. The summed E-state index contributed by atoms with van der Waals surface area (Å²) in [6.45, 7) is 0. The molecule has 0 aliphatic carbocycles. The molecule has 0 saturated carbocycles. The van der Waals surface area contributed by atoms with E-state index in [0.29, 0.717) is 26.7 Å². The van der Waals surface area contributed by atoms with Crippen molar-refractivity contribution in [1.29, 1.82) is 0 Å². The Kier molecular flexibility index (Phi) is 5.35. The average molecular weight is 390 g/mol. The Hall–Kier alpha value is -2.70. The zero-order chi connectivity index (χ0) is 18.7. The molecule has 0 atom stereocenters. The zero-order valence-electron chi connectivity index (χ0n) is 13.6. The summed E-state index contributed by atoms with van der Waals surface area (Å²) >= 11 is 7.22. The van der Waals surface area contributed by atoms with Crippen LogP contribution < -0.4 is 5.32 Å². The van der Waals surface area contributed by atoms with Gasteiger partial charge in [0.1, 0.15) is 16.4 Å². The Morgan fingerprint density at radius 2 is 1.81 bits per heavy atom. The minimum absolute atomic E-state index is 0.213. The molecule has 0 aliphatic rings. The molecule has 2 aromatic carbocycles. The number of anilines is 1. The van der Waals surface area contributed by atoms with E-state index in [1.54, 1.807) is 41.8 Å². The molecule has 0 aliphatic heterocycles. The van der Waals surface area contributed by atoms with E-state index in [-0.39, 0.29) is 11.4 Å². The summed E-state index contributed by atoms with van der Waals surface area (Å²) in [7, 11) is 1.26. The van der Waals surface area contributed by atoms with Crippen molar-refractivity contribution in [3.63, 3.8) is 0 Å². The molecular weight excluding hydrogens is 377 g/mol. The highest BCUT2D eigenvalue weighted by Crippen LogP contribution is 2.36. The van der Waals surface area contributed by atoms with Gasteiger partial charge in [-0.05, 0) is 29.8 Å². The summed E-state index contributed by atoms with van der Waals surface area (Å²) in [5.41, 5.74) is 1.70. The largest absolute Gasteiger partial charge is 0.465 e. The van der Waals surface area contributed by atoms with Gasteiger partial charge < -0.3 is 10.1 Å². The first-order chi connectivity index (χ1) is 12.5. The normalized spacial score (nSPS) is 10.4. The number of methoxy groups -OCH3 is 1. The number of thiophene rings is 1. The van der Waals surface area contributed by atoms with Crippen molar-refractivity contribution >= 4 is 39.8 Å². The number of nitrogens with one attached hydrogen (secondary N) is 1. The van der Waals surface area contributed by atoms with Crippen LogP contribution in [0, 0.1) is 5.82 Å². The van der Waals surface area contributed by atoms with E-state index in [0.717, 1.165) is 0 Å². The lowest BCUT2D eigenvalue weighted by Crippen LogP contribution is -2.14. The van der Waals surface area contributed by atoms with Gasteiger partial charge in [-0.3, -0.25) is 4.79 Å². The second-order valence-corrected chi connectivity index (χ2v) is 6.57. The molecule has 1 heterocycles. The highest BCUT2D eigenvalue weighted by Gasteiger charge is 2.23. The summed E-state index contributed by atoms with van der Waals surface area (Å²) < 4.78 is 18.0. The molecule has 0 fully saturated rings. The van der Waals surface area contributed by atoms with E-state index in [9.17, 15) is 14.0 Å². The maximum Gasteiger partial charge on any atom is 0.341 e. The fourth-order valence-corrected chi connectivity index (χ4v) is 3.59. The van der Waals surface area contributed by atoms with Crippen molar-refractivity contribution in [1.82, 2.24) is 0 Å². The first kappa shape index (κ1) is 18.1. The first-order valence-corrected chi connectivity index (χ1v) is 8.78. The summed E-state index contributed by atoms with van der Waals surface area (Å²) in [6, 6.07) is 12.3. The molecule has 3 aromatic rings. The van der Waals surface area contributed by atoms with Gasteiger partial charge in [0.05, 0.1) is 17.7 Å². The van der Waals surface area contributed by atoms with Gasteiger partial charge in [-0.15, -0.1) is 11.3 Å². The van der Waals surface area contributed by atoms with Gasteiger partial charge in [-0.25, -0.2) is 9.18 Å². The molecule has 1 aromatic heterocycles. The van der Waals surface area contributed by atoms with E-state index in [1.807, 2.05) is 0 Å². The van der Waals surface area contributed by atoms with E-state index >= 15 is 0 Å². The van der Waals surface area contributed by atoms with Crippen LogP contribution in [0.15, 0.2) is 53.9 Å². The number of hydrogen-bond donors (Lipinski definition) is 1. The van der Waals surface area contributed by atoms with Crippen LogP contribution in [0.4, 0.5) is 9.39 Å². The van der Waals surface area contributed by atoms with Crippen LogP contribution in [0.2, 0.25) is 5.02 Å². The van der Waals surface area contributed by atoms with Crippen molar-refractivity contribution in [2.24, 2.45) is 0 Å². The van der Waals surface area contributed by atoms with Crippen molar-refractivity contribution < 1.29 is 18.7 Å². The smallest absolute Gasteiger partial charge is 0.341 e. The fourth-order valence-electron chi connectivity index (χ4n) is 2.41. The minimum atomic E-state index is -0.597. The third-order valence-electron chi connectivity index (χ3n) is 3.68. The minimum Gasteiger partial charge on any atom is -0.465 e. The molecular formula is C19H13ClFNO3S. The molecule has 3 rings (SSSR count). The monoisotopic (exact) mass is 389 g/mol. The number of ether oxygens (including phenoxy) is 1. The second kappa shape index (κ2) is 7.68. The lowest BCUT2D eigenvalue weighted by Gasteiger charge is -2.08. The van der Waals surface area contributed by atoms with Crippen LogP contribution in [0.5, 0.6) is 0 Å². The van der Waals surface area contributed by atoms with E-state index in [4.69, 9.17) is 16.3 Å². The summed E-state index contributed by atoms with van der Waals surface area (Å²) in [5.74, 6) is -1.41. The molecule has 0 spiro atoms. The Morgan fingerprint density at radius 3 is 2.46 bits per heavy atom. The van der Waals surface area contributed by atoms with Gasteiger partial charge >= 0.3 is 5.97 Å². The molecule has 0 saturated heterocycles. The SMILES string of the molecule is COC(=O)c1c(-c2ccc(F)cc2)csc1NC(=O)c1ccccc1Cl. The molecule has 0 bridgehead atoms. The number of hydrogen-bond acceptors (Lipinski definition) is 4. The zero-order valence-corrected chi connectivity index (χ0v) is 15.2. The number of benzene rings is 2. The van der Waals surface area contributed by atoms with Gasteiger partial charge in [-0.2, -0.15) is 0 Å². The van der Waals surface area contributed by atoms with Gasteiger partial charge in [0.25, 0.3) is 5.91 Å². The highest BCUT2D eigenvalue weighted by atomic mass is 35.5. The van der Waals surface area contributed by atoms with E-state index in [1.165, 1.54) is 30.6 Å². The summed E-state index contributed by atoms with van der Waals surface area (Å²) in [5, 5.41) is 5.05. The predicted molar refractivity (Wildman–Crippen MR) is 100 cm³/mol. The van der Waals surface area contributed by atoms with Gasteiger partial charge in [0.2, 0.25) is 0 Å². The lowest BCUT2D eigenvalue weighted by atomic mass is 10.0. The molecule has 26 heavy (non-hydrogen) atoms. The highest BCUT2D eigenvalue weighted by molar-refractivity contribution is 7.15. The topological polar surface area (TPSA) is 55.4 Å². The molecule has 1 amide bonds. The van der Waals surface area contributed by atoms with Crippen LogP contribution in [0.1, 0.15) is 20.7 Å². The van der Waals surface area contributed by atoms with Crippen LogP contribution >= 0.6 is 22.9 Å². The quantitative estimate of drug-likeness (QED) is 0.620. The Bertz CT molecular complexity index is 969. The number of carbonyl (C=O) groups excluding carboxylic acids is 2. The lowest BCUT2D eigenvalue weighted by molar-refractivity contribution is 0.0603. The second-order valence-electron chi connectivity index (χ2n) is 5.29. The van der Waals surface area contributed by atoms with Gasteiger partial charge in [0, 0.05) is 10.9 Å². The van der Waals surface area contributed by atoms with Crippen molar-refractivity contribution in [2.75, 3.05) is 12.4 Å². The van der Waals surface area contributed by atoms with Gasteiger partial charge in [0.15, 0.2) is 0 Å². The molecule has 1 N–H and O–H groups in total. The number of amides is 1. The first-order valence-electron chi connectivity index (χ1n) is 7.53.